The molecule has 0 heterocycles. The number of hydrogen-bond donors (Lipinski definition) is 2. The van der Waals surface area contributed by atoms with Gasteiger partial charge >= 0.3 is 0 Å². The standard InChI is InChI=1S/C17H12ClI2N3O/c1-22-16-14(19)7-10(8-15(16)20)6-11(9-21)17(24)23-13-4-2-12(18)3-5-13/h2-8,22H,1H3,(H,23,24)/b11-6-. The summed E-state index contributed by atoms with van der Waals surface area (Å²) in [4.78, 5) is 12.3. The molecule has 0 saturated carbocycles. The highest BCUT2D eigenvalue weighted by atomic mass is 127. The molecule has 24 heavy (non-hydrogen) atoms. The van der Waals surface area contributed by atoms with Gasteiger partial charge in [0.05, 0.1) is 5.69 Å². The number of hydrogen-bond acceptors (Lipinski definition) is 3. The molecule has 0 unspecified atom stereocenters. The van der Waals surface area contributed by atoms with Gasteiger partial charge in [-0.3, -0.25) is 4.79 Å². The van der Waals surface area contributed by atoms with Crippen LogP contribution in [0.4, 0.5) is 11.4 Å². The Kier molecular flexibility index (Phi) is 6.89. The Hall–Kier alpha value is -1.31. The molecule has 2 aromatic carbocycles. The molecule has 0 aliphatic rings. The van der Waals surface area contributed by atoms with E-state index in [4.69, 9.17) is 11.6 Å². The molecule has 2 N–H and O–H groups in total. The number of nitrogens with zero attached hydrogens (tertiary/aromatic N) is 1. The van der Waals surface area contributed by atoms with Crippen molar-refractivity contribution >= 4 is 80.1 Å². The van der Waals surface area contributed by atoms with Crippen LogP contribution in [0, 0.1) is 18.5 Å². The highest BCUT2D eigenvalue weighted by Gasteiger charge is 2.11. The average molecular weight is 564 g/mol. The Labute approximate surface area is 172 Å². The summed E-state index contributed by atoms with van der Waals surface area (Å²) < 4.78 is 2.03. The zero-order valence-corrected chi connectivity index (χ0v) is 17.6. The fraction of sp³-hybridized carbons (Fsp3) is 0.0588. The van der Waals surface area contributed by atoms with Crippen LogP contribution in [0.5, 0.6) is 0 Å². The molecule has 0 spiro atoms. The number of rotatable bonds is 4. The molecule has 2 rings (SSSR count). The molecule has 7 heteroatoms. The summed E-state index contributed by atoms with van der Waals surface area (Å²) in [5.41, 5.74) is 2.44. The molecule has 4 nitrogen and oxygen atoms in total. The summed E-state index contributed by atoms with van der Waals surface area (Å²) in [6, 6.07) is 12.5. The van der Waals surface area contributed by atoms with Gasteiger partial charge in [0.25, 0.3) is 5.91 Å². The summed E-state index contributed by atoms with van der Waals surface area (Å²) in [5, 5.41) is 15.7. The van der Waals surface area contributed by atoms with Crippen molar-refractivity contribution in [2.45, 2.75) is 0 Å². The fourth-order valence-electron chi connectivity index (χ4n) is 1.96. The number of carbonyl (C=O) groups is 1. The maximum Gasteiger partial charge on any atom is 0.266 e. The van der Waals surface area contributed by atoms with Gasteiger partial charge in [-0.2, -0.15) is 5.26 Å². The third-order valence-corrected chi connectivity index (χ3v) is 5.05. The Morgan fingerprint density at radius 1 is 1.21 bits per heavy atom. The van der Waals surface area contributed by atoms with Crippen LogP contribution in [0.15, 0.2) is 42.0 Å². The molecule has 122 valence electrons. The Bertz CT molecular complexity index is 819. The number of anilines is 2. The fourth-order valence-corrected chi connectivity index (χ4v) is 4.44. The monoisotopic (exact) mass is 563 g/mol. The highest BCUT2D eigenvalue weighted by molar-refractivity contribution is 14.1. The van der Waals surface area contributed by atoms with E-state index in [1.165, 1.54) is 0 Å². The van der Waals surface area contributed by atoms with Crippen molar-refractivity contribution < 1.29 is 4.79 Å². The highest BCUT2D eigenvalue weighted by Crippen LogP contribution is 2.27. The van der Waals surface area contributed by atoms with E-state index in [9.17, 15) is 10.1 Å². The second-order valence-electron chi connectivity index (χ2n) is 4.74. The largest absolute Gasteiger partial charge is 0.386 e. The van der Waals surface area contributed by atoms with E-state index in [-0.39, 0.29) is 5.57 Å². The maximum atomic E-state index is 12.3. The minimum absolute atomic E-state index is 0.0359. The van der Waals surface area contributed by atoms with Gasteiger partial charge in [0.15, 0.2) is 0 Å². The second-order valence-corrected chi connectivity index (χ2v) is 7.50. The van der Waals surface area contributed by atoms with Crippen LogP contribution in [-0.4, -0.2) is 13.0 Å². The van der Waals surface area contributed by atoms with Gasteiger partial charge in [-0.15, -0.1) is 0 Å². The maximum absolute atomic E-state index is 12.3. The summed E-state index contributed by atoms with van der Waals surface area (Å²) in [5.74, 6) is -0.456. The van der Waals surface area contributed by atoms with Crippen LogP contribution in [0.25, 0.3) is 6.08 Å². The van der Waals surface area contributed by atoms with Crippen LogP contribution in [-0.2, 0) is 4.79 Å². The van der Waals surface area contributed by atoms with E-state index in [1.807, 2.05) is 25.2 Å². The molecule has 0 radical (unpaired) electrons. The quantitative estimate of drug-likeness (QED) is 0.308. The number of nitriles is 1. The van der Waals surface area contributed by atoms with E-state index in [0.717, 1.165) is 18.4 Å². The lowest BCUT2D eigenvalue weighted by Gasteiger charge is -2.09. The first-order chi connectivity index (χ1) is 11.4. The van der Waals surface area contributed by atoms with Crippen LogP contribution in [0.1, 0.15) is 5.56 Å². The molecule has 0 aromatic heterocycles. The molecule has 2 aromatic rings. The first-order valence-corrected chi connectivity index (χ1v) is 9.33. The van der Waals surface area contributed by atoms with Gasteiger partial charge in [-0.1, -0.05) is 11.6 Å². The first kappa shape index (κ1) is 19.0. The van der Waals surface area contributed by atoms with Crippen molar-refractivity contribution in [3.8, 4) is 6.07 Å². The Morgan fingerprint density at radius 2 is 1.79 bits per heavy atom. The topological polar surface area (TPSA) is 64.9 Å². The third-order valence-electron chi connectivity index (χ3n) is 3.09. The molecule has 1 amide bonds. The predicted molar refractivity (Wildman–Crippen MR) is 115 cm³/mol. The van der Waals surface area contributed by atoms with Gasteiger partial charge in [-0.25, -0.2) is 0 Å². The summed E-state index contributed by atoms with van der Waals surface area (Å²) in [6.07, 6.45) is 1.58. The van der Waals surface area contributed by atoms with Gasteiger partial charge in [-0.05, 0) is 93.2 Å². The Balaban J connectivity index is 2.27. The lowest BCUT2D eigenvalue weighted by molar-refractivity contribution is -0.112. The molecule has 0 aliphatic heterocycles. The summed E-state index contributed by atoms with van der Waals surface area (Å²) in [7, 11) is 1.86. The lowest BCUT2D eigenvalue weighted by Crippen LogP contribution is -2.13. The third kappa shape index (κ3) is 4.84. The first-order valence-electron chi connectivity index (χ1n) is 6.80. The van der Waals surface area contributed by atoms with E-state index in [0.29, 0.717) is 10.7 Å². The van der Waals surface area contributed by atoms with E-state index >= 15 is 0 Å². The van der Waals surface area contributed by atoms with Gasteiger partial charge in [0.2, 0.25) is 0 Å². The van der Waals surface area contributed by atoms with Crippen molar-refractivity contribution in [3.63, 3.8) is 0 Å². The van der Waals surface area contributed by atoms with Crippen LogP contribution >= 0.6 is 56.8 Å². The number of halogens is 3. The van der Waals surface area contributed by atoms with Crippen molar-refractivity contribution in [1.29, 1.82) is 5.26 Å². The lowest BCUT2D eigenvalue weighted by atomic mass is 10.1. The number of amides is 1. The minimum Gasteiger partial charge on any atom is -0.386 e. The SMILES string of the molecule is CNc1c(I)cc(/C=C(/C#N)C(=O)Nc2ccc(Cl)cc2)cc1I. The zero-order chi connectivity index (χ0) is 17.7. The van der Waals surface area contributed by atoms with Crippen LogP contribution < -0.4 is 10.6 Å². The molecular formula is C17H12ClI2N3O. The van der Waals surface area contributed by atoms with E-state index < -0.39 is 5.91 Å². The van der Waals surface area contributed by atoms with E-state index in [1.54, 1.807) is 30.3 Å². The zero-order valence-electron chi connectivity index (χ0n) is 12.5. The normalized spacial score (nSPS) is 10.9. The molecule has 0 atom stereocenters. The van der Waals surface area contributed by atoms with Crippen molar-refractivity contribution in [3.05, 3.63) is 59.7 Å². The minimum atomic E-state index is -0.456. The smallest absolute Gasteiger partial charge is 0.266 e. The van der Waals surface area contributed by atoms with Gasteiger partial charge < -0.3 is 10.6 Å². The number of carbonyl (C=O) groups excluding carboxylic acids is 1. The van der Waals surface area contributed by atoms with Crippen molar-refractivity contribution in [2.75, 3.05) is 17.7 Å². The average Bonchev–Trinajstić information content (AvgIpc) is 2.54. The second kappa shape index (κ2) is 8.69. The summed E-state index contributed by atoms with van der Waals surface area (Å²) >= 11 is 10.3. The Morgan fingerprint density at radius 3 is 2.29 bits per heavy atom. The van der Waals surface area contributed by atoms with Crippen molar-refractivity contribution in [2.24, 2.45) is 0 Å². The van der Waals surface area contributed by atoms with Crippen LogP contribution in [0.3, 0.4) is 0 Å². The molecule has 0 bridgehead atoms. The van der Waals surface area contributed by atoms with Crippen molar-refractivity contribution in [1.82, 2.24) is 0 Å². The predicted octanol–water partition coefficient (Wildman–Crippen LogP) is 5.14. The number of nitrogens with one attached hydrogen (secondary N) is 2. The summed E-state index contributed by atoms with van der Waals surface area (Å²) in [6.45, 7) is 0. The number of benzene rings is 2. The van der Waals surface area contributed by atoms with Gasteiger partial charge in [0, 0.05) is 24.9 Å². The van der Waals surface area contributed by atoms with E-state index in [2.05, 4.69) is 55.8 Å². The molecule has 0 aliphatic carbocycles. The van der Waals surface area contributed by atoms with Crippen LogP contribution in [0.2, 0.25) is 5.02 Å². The molecule has 0 fully saturated rings. The molecular weight excluding hydrogens is 551 g/mol. The van der Waals surface area contributed by atoms with Gasteiger partial charge in [0.1, 0.15) is 11.6 Å². The molecule has 0 saturated heterocycles.